The summed E-state index contributed by atoms with van der Waals surface area (Å²) < 4.78 is 10.9. The summed E-state index contributed by atoms with van der Waals surface area (Å²) in [4.78, 5) is 25.0. The largest absolute Gasteiger partial charge is 0.465 e. The van der Waals surface area contributed by atoms with Gasteiger partial charge in [0.2, 0.25) is 0 Å². The highest BCUT2D eigenvalue weighted by Crippen LogP contribution is 2.28. The van der Waals surface area contributed by atoms with Crippen molar-refractivity contribution in [2.24, 2.45) is 11.3 Å². The van der Waals surface area contributed by atoms with Crippen molar-refractivity contribution in [1.29, 1.82) is 5.26 Å². The van der Waals surface area contributed by atoms with Crippen LogP contribution in [0.2, 0.25) is 0 Å². The minimum absolute atomic E-state index is 0.0175. The molecule has 0 radical (unpaired) electrons. The quantitative estimate of drug-likeness (QED) is 0.259. The number of ether oxygens (including phenoxy) is 2. The zero-order chi connectivity index (χ0) is 24.4. The van der Waals surface area contributed by atoms with E-state index in [1.54, 1.807) is 0 Å². The second-order valence-electron chi connectivity index (χ2n) is 9.21. The van der Waals surface area contributed by atoms with Gasteiger partial charge in [-0.1, -0.05) is 94.3 Å². The fraction of sp³-hybridized carbons (Fsp3) is 0.393. The molecule has 1 unspecified atom stereocenters. The van der Waals surface area contributed by atoms with Gasteiger partial charge in [-0.2, -0.15) is 5.26 Å². The van der Waals surface area contributed by atoms with Gasteiger partial charge in [0.15, 0.2) is 0 Å². The van der Waals surface area contributed by atoms with Gasteiger partial charge >= 0.3 is 11.9 Å². The highest BCUT2D eigenvalue weighted by molar-refractivity contribution is 6.05. The lowest BCUT2D eigenvalue weighted by Gasteiger charge is -2.24. The van der Waals surface area contributed by atoms with Crippen molar-refractivity contribution >= 4 is 17.5 Å². The summed E-state index contributed by atoms with van der Waals surface area (Å²) in [5.41, 5.74) is 2.48. The lowest BCUT2D eigenvalue weighted by Crippen LogP contribution is -2.29. The van der Waals surface area contributed by atoms with Crippen molar-refractivity contribution in [3.63, 3.8) is 0 Å². The molecular formula is C28H33NO4. The monoisotopic (exact) mass is 447 g/mol. The van der Waals surface area contributed by atoms with Gasteiger partial charge < -0.3 is 9.47 Å². The van der Waals surface area contributed by atoms with Crippen LogP contribution in [0.1, 0.15) is 57.2 Å². The number of carbonyl (C=O) groups excluding carboxylic acids is 2. The molecule has 33 heavy (non-hydrogen) atoms. The van der Waals surface area contributed by atoms with Crippen LogP contribution in [0.4, 0.5) is 0 Å². The minimum Gasteiger partial charge on any atom is -0.465 e. The number of nitrogens with zero attached hydrogens (tertiary/aromatic N) is 1. The average Bonchev–Trinajstić information content (AvgIpc) is 2.81. The highest BCUT2D eigenvalue weighted by Gasteiger charge is 2.26. The lowest BCUT2D eigenvalue weighted by atomic mass is 9.92. The molecule has 0 saturated carbocycles. The third-order valence-electron chi connectivity index (χ3n) is 5.40. The number of esters is 2. The van der Waals surface area contributed by atoms with Crippen LogP contribution in [0.3, 0.4) is 0 Å². The smallest absolute Gasteiger partial charge is 0.349 e. The third kappa shape index (κ3) is 7.91. The number of hydrogen-bond donors (Lipinski definition) is 0. The van der Waals surface area contributed by atoms with Crippen LogP contribution < -0.4 is 0 Å². The fourth-order valence-corrected chi connectivity index (χ4v) is 3.12. The molecular weight excluding hydrogens is 414 g/mol. The molecule has 2 aromatic rings. The van der Waals surface area contributed by atoms with E-state index < -0.39 is 11.4 Å². The van der Waals surface area contributed by atoms with Gasteiger partial charge in [-0.05, 0) is 24.0 Å². The van der Waals surface area contributed by atoms with Crippen molar-refractivity contribution in [3.05, 3.63) is 76.9 Å². The molecule has 1 atom stereocenters. The van der Waals surface area contributed by atoms with Crippen molar-refractivity contribution in [3.8, 4) is 6.07 Å². The predicted molar refractivity (Wildman–Crippen MR) is 129 cm³/mol. The molecule has 174 valence electrons. The maximum atomic E-state index is 13.0. The van der Waals surface area contributed by atoms with E-state index in [1.165, 1.54) is 0 Å². The first-order valence-corrected chi connectivity index (χ1v) is 11.3. The summed E-state index contributed by atoms with van der Waals surface area (Å²) in [6.07, 6.45) is 1.27. The van der Waals surface area contributed by atoms with Gasteiger partial charge in [-0.25, -0.2) is 4.79 Å². The maximum Gasteiger partial charge on any atom is 0.349 e. The molecule has 2 rings (SSSR count). The Morgan fingerprint density at radius 2 is 1.55 bits per heavy atom. The lowest BCUT2D eigenvalue weighted by molar-refractivity contribution is -0.151. The summed E-state index contributed by atoms with van der Waals surface area (Å²) in [5, 5.41) is 9.88. The van der Waals surface area contributed by atoms with Crippen molar-refractivity contribution < 1.29 is 19.1 Å². The van der Waals surface area contributed by atoms with Gasteiger partial charge in [-0.3, -0.25) is 4.79 Å². The predicted octanol–water partition coefficient (Wildman–Crippen LogP) is 5.87. The molecule has 0 heterocycles. The van der Waals surface area contributed by atoms with Crippen LogP contribution in [0.25, 0.3) is 5.57 Å². The van der Waals surface area contributed by atoms with Crippen molar-refractivity contribution in [2.75, 3.05) is 13.2 Å². The molecule has 0 aliphatic rings. The Morgan fingerprint density at radius 3 is 2.12 bits per heavy atom. The summed E-state index contributed by atoms with van der Waals surface area (Å²) in [5.74, 6) is -0.692. The molecule has 5 heteroatoms. The SMILES string of the molecule is CCC(C)CC(=O)OCC(C)(C)COC(=O)/C(C#N)=C(/c1ccccc1)c1ccc(C)cc1. The Bertz CT molecular complexity index is 1010. The van der Waals surface area contributed by atoms with E-state index >= 15 is 0 Å². The van der Waals surface area contributed by atoms with Crippen molar-refractivity contribution in [2.45, 2.75) is 47.5 Å². The van der Waals surface area contributed by atoms with Crippen LogP contribution in [0.5, 0.6) is 0 Å². The van der Waals surface area contributed by atoms with Crippen LogP contribution in [-0.4, -0.2) is 25.2 Å². The first kappa shape index (κ1) is 25.9. The van der Waals surface area contributed by atoms with Gasteiger partial charge in [0.25, 0.3) is 0 Å². The molecule has 0 saturated heterocycles. The molecule has 5 nitrogen and oxygen atoms in total. The number of rotatable bonds is 10. The molecule has 0 aromatic heterocycles. The Kier molecular flexibility index (Phi) is 9.42. The second kappa shape index (κ2) is 12.0. The average molecular weight is 448 g/mol. The molecule has 0 aliphatic carbocycles. The van der Waals surface area contributed by atoms with E-state index in [1.807, 2.05) is 95.3 Å². The number of hydrogen-bond acceptors (Lipinski definition) is 5. The number of benzene rings is 2. The normalized spacial score (nSPS) is 12.8. The second-order valence-corrected chi connectivity index (χ2v) is 9.21. The maximum absolute atomic E-state index is 13.0. The van der Waals surface area contributed by atoms with E-state index in [0.717, 1.165) is 23.1 Å². The molecule has 2 aromatic carbocycles. The van der Waals surface area contributed by atoms with E-state index in [0.29, 0.717) is 12.0 Å². The molecule has 0 fully saturated rings. The fourth-order valence-electron chi connectivity index (χ4n) is 3.12. The molecule has 0 spiro atoms. The number of nitriles is 1. The Balaban J connectivity index is 2.20. The number of carbonyl (C=O) groups is 2. The highest BCUT2D eigenvalue weighted by atomic mass is 16.5. The topological polar surface area (TPSA) is 76.4 Å². The first-order valence-electron chi connectivity index (χ1n) is 11.3. The summed E-state index contributed by atoms with van der Waals surface area (Å²) >= 11 is 0. The van der Waals surface area contributed by atoms with Gasteiger partial charge in [0.05, 0.1) is 6.61 Å². The van der Waals surface area contributed by atoms with Crippen LogP contribution in [0, 0.1) is 29.6 Å². The summed E-state index contributed by atoms with van der Waals surface area (Å²) in [6.45, 7) is 9.86. The Hall–Kier alpha value is -3.39. The Morgan fingerprint density at radius 1 is 0.970 bits per heavy atom. The molecule has 0 bridgehead atoms. The zero-order valence-electron chi connectivity index (χ0n) is 20.2. The van der Waals surface area contributed by atoms with E-state index in [2.05, 4.69) is 0 Å². The molecule has 0 N–H and O–H groups in total. The first-order chi connectivity index (χ1) is 15.7. The van der Waals surface area contributed by atoms with E-state index in [4.69, 9.17) is 9.47 Å². The Labute approximate surface area is 197 Å². The molecule has 0 amide bonds. The molecule has 0 aliphatic heterocycles. The standard InChI is InChI=1S/C28H33NO4/c1-6-20(2)16-25(30)32-18-28(4,5)19-33-27(31)24(17-29)26(22-10-8-7-9-11-22)23-14-12-21(3)13-15-23/h7-15,20H,6,16,18-19H2,1-5H3/b26-24-. The van der Waals surface area contributed by atoms with Gasteiger partial charge in [0, 0.05) is 17.4 Å². The number of aryl methyl sites for hydroxylation is 1. The van der Waals surface area contributed by atoms with E-state index in [9.17, 15) is 14.9 Å². The summed E-state index contributed by atoms with van der Waals surface area (Å²) in [7, 11) is 0. The van der Waals surface area contributed by atoms with Crippen LogP contribution in [0.15, 0.2) is 60.2 Å². The van der Waals surface area contributed by atoms with Crippen molar-refractivity contribution in [1.82, 2.24) is 0 Å². The minimum atomic E-state index is -0.698. The van der Waals surface area contributed by atoms with Gasteiger partial charge in [-0.15, -0.1) is 0 Å². The zero-order valence-corrected chi connectivity index (χ0v) is 20.2. The summed E-state index contributed by atoms with van der Waals surface area (Å²) in [6, 6.07) is 19.0. The third-order valence-corrected chi connectivity index (χ3v) is 5.40. The van der Waals surface area contributed by atoms with Crippen LogP contribution in [-0.2, 0) is 19.1 Å². The van der Waals surface area contributed by atoms with Crippen LogP contribution >= 0.6 is 0 Å². The van der Waals surface area contributed by atoms with E-state index in [-0.39, 0.29) is 30.7 Å². The van der Waals surface area contributed by atoms with Gasteiger partial charge in [0.1, 0.15) is 18.2 Å².